The highest BCUT2D eigenvalue weighted by atomic mass is 35.5. The summed E-state index contributed by atoms with van der Waals surface area (Å²) in [6.45, 7) is 6.03. The highest BCUT2D eigenvalue weighted by molar-refractivity contribution is 6.30. The number of carbonyl (C=O) groups excluding carboxylic acids is 1. The molecule has 0 spiro atoms. The highest BCUT2D eigenvalue weighted by Crippen LogP contribution is 2.27. The predicted molar refractivity (Wildman–Crippen MR) is 94.3 cm³/mol. The van der Waals surface area contributed by atoms with Gasteiger partial charge in [0, 0.05) is 16.5 Å². The SMILES string of the molecule is CC(C)(C)C(=O)C(CCCCOc1cc(Cl)ccc1F)n1cncn1. The van der Waals surface area contributed by atoms with Crippen molar-refractivity contribution >= 4 is 17.4 Å². The Morgan fingerprint density at radius 1 is 1.36 bits per heavy atom. The third-order valence-electron chi connectivity index (χ3n) is 3.82. The Kier molecular flexibility index (Phi) is 6.53. The Balaban J connectivity index is 1.87. The molecule has 1 heterocycles. The van der Waals surface area contributed by atoms with Crippen molar-refractivity contribution in [2.45, 2.75) is 46.1 Å². The Labute approximate surface area is 152 Å². The smallest absolute Gasteiger partial charge is 0.165 e. The van der Waals surface area contributed by atoms with Crippen LogP contribution < -0.4 is 4.74 Å². The van der Waals surface area contributed by atoms with E-state index >= 15 is 0 Å². The van der Waals surface area contributed by atoms with Crippen molar-refractivity contribution in [3.8, 4) is 5.75 Å². The molecule has 25 heavy (non-hydrogen) atoms. The summed E-state index contributed by atoms with van der Waals surface area (Å²) >= 11 is 5.83. The fraction of sp³-hybridized carbons (Fsp3) is 0.500. The molecule has 0 saturated heterocycles. The summed E-state index contributed by atoms with van der Waals surface area (Å²) in [5.74, 6) is -0.182. The van der Waals surface area contributed by atoms with E-state index in [-0.39, 0.29) is 17.6 Å². The van der Waals surface area contributed by atoms with Gasteiger partial charge in [-0.25, -0.2) is 14.1 Å². The van der Waals surface area contributed by atoms with Crippen molar-refractivity contribution in [3.05, 3.63) is 41.7 Å². The van der Waals surface area contributed by atoms with Crippen LogP contribution in [-0.2, 0) is 4.79 Å². The number of unbranched alkanes of at least 4 members (excludes halogenated alkanes) is 1. The van der Waals surface area contributed by atoms with Crippen molar-refractivity contribution in [3.63, 3.8) is 0 Å². The van der Waals surface area contributed by atoms with Gasteiger partial charge in [0.25, 0.3) is 0 Å². The molecule has 0 aliphatic rings. The van der Waals surface area contributed by atoms with E-state index in [0.29, 0.717) is 24.5 Å². The lowest BCUT2D eigenvalue weighted by molar-refractivity contribution is -0.130. The minimum atomic E-state index is -0.461. The average molecular weight is 368 g/mol. The molecule has 136 valence electrons. The van der Waals surface area contributed by atoms with E-state index in [2.05, 4.69) is 10.1 Å². The molecule has 0 radical (unpaired) electrons. The van der Waals surface area contributed by atoms with Crippen LogP contribution in [0.5, 0.6) is 5.75 Å². The molecule has 0 aliphatic heterocycles. The number of halogens is 2. The van der Waals surface area contributed by atoms with Gasteiger partial charge in [0.1, 0.15) is 18.7 Å². The van der Waals surface area contributed by atoms with Gasteiger partial charge in [0.15, 0.2) is 17.3 Å². The molecule has 1 aromatic heterocycles. The molecule has 1 atom stereocenters. The Bertz CT molecular complexity index is 699. The van der Waals surface area contributed by atoms with E-state index in [1.54, 1.807) is 11.0 Å². The largest absolute Gasteiger partial charge is 0.490 e. The van der Waals surface area contributed by atoms with Crippen LogP contribution in [0.15, 0.2) is 30.9 Å². The lowest BCUT2D eigenvalue weighted by atomic mass is 9.85. The van der Waals surface area contributed by atoms with Crippen LogP contribution in [0, 0.1) is 11.2 Å². The molecule has 0 bridgehead atoms. The number of benzene rings is 1. The third-order valence-corrected chi connectivity index (χ3v) is 4.06. The molecule has 0 N–H and O–H groups in total. The van der Waals surface area contributed by atoms with Crippen LogP contribution in [0.25, 0.3) is 0 Å². The molecule has 7 heteroatoms. The second-order valence-corrected chi connectivity index (χ2v) is 7.36. The van der Waals surface area contributed by atoms with Crippen LogP contribution in [0.3, 0.4) is 0 Å². The molecular formula is C18H23ClFN3O2. The zero-order valence-corrected chi connectivity index (χ0v) is 15.5. The molecule has 1 aromatic carbocycles. The number of hydrogen-bond acceptors (Lipinski definition) is 4. The summed E-state index contributed by atoms with van der Waals surface area (Å²) in [6, 6.07) is 3.86. The maximum absolute atomic E-state index is 13.6. The first-order chi connectivity index (χ1) is 11.8. The lowest BCUT2D eigenvalue weighted by Crippen LogP contribution is -2.31. The van der Waals surface area contributed by atoms with Gasteiger partial charge in [0.2, 0.25) is 0 Å². The number of rotatable bonds is 8. The Morgan fingerprint density at radius 3 is 2.76 bits per heavy atom. The van der Waals surface area contributed by atoms with Crippen molar-refractivity contribution in [1.82, 2.24) is 14.8 Å². The van der Waals surface area contributed by atoms with E-state index in [9.17, 15) is 9.18 Å². The fourth-order valence-electron chi connectivity index (χ4n) is 2.47. The van der Waals surface area contributed by atoms with Gasteiger partial charge in [0.05, 0.1) is 6.61 Å². The topological polar surface area (TPSA) is 57.0 Å². The molecule has 2 aromatic rings. The minimum Gasteiger partial charge on any atom is -0.490 e. The van der Waals surface area contributed by atoms with Gasteiger partial charge in [-0.1, -0.05) is 32.4 Å². The third kappa shape index (κ3) is 5.53. The number of ether oxygens (including phenoxy) is 1. The molecular weight excluding hydrogens is 345 g/mol. The van der Waals surface area contributed by atoms with Gasteiger partial charge < -0.3 is 4.74 Å². The van der Waals surface area contributed by atoms with Gasteiger partial charge >= 0.3 is 0 Å². The number of aromatic nitrogens is 3. The van der Waals surface area contributed by atoms with Crippen LogP contribution in [0.4, 0.5) is 4.39 Å². The molecule has 0 aliphatic carbocycles. The maximum atomic E-state index is 13.6. The lowest BCUT2D eigenvalue weighted by Gasteiger charge is -2.24. The molecule has 0 saturated carbocycles. The van der Waals surface area contributed by atoms with Gasteiger partial charge in [-0.05, 0) is 31.4 Å². The minimum absolute atomic E-state index is 0.111. The Morgan fingerprint density at radius 2 is 2.12 bits per heavy atom. The van der Waals surface area contributed by atoms with Crippen molar-refractivity contribution < 1.29 is 13.9 Å². The van der Waals surface area contributed by atoms with E-state index in [1.165, 1.54) is 24.5 Å². The van der Waals surface area contributed by atoms with Gasteiger partial charge in [-0.3, -0.25) is 4.79 Å². The van der Waals surface area contributed by atoms with Crippen molar-refractivity contribution in [2.24, 2.45) is 5.41 Å². The van der Waals surface area contributed by atoms with Crippen molar-refractivity contribution in [2.75, 3.05) is 6.61 Å². The second kappa shape index (κ2) is 8.43. The van der Waals surface area contributed by atoms with Crippen LogP contribution in [-0.4, -0.2) is 27.2 Å². The summed E-state index contributed by atoms with van der Waals surface area (Å²) in [5.41, 5.74) is -0.461. The van der Waals surface area contributed by atoms with E-state index in [0.717, 1.165) is 6.42 Å². The maximum Gasteiger partial charge on any atom is 0.165 e. The van der Waals surface area contributed by atoms with E-state index in [4.69, 9.17) is 16.3 Å². The first-order valence-corrected chi connectivity index (χ1v) is 8.63. The first-order valence-electron chi connectivity index (χ1n) is 8.25. The van der Waals surface area contributed by atoms with Gasteiger partial charge in [-0.2, -0.15) is 5.10 Å². The van der Waals surface area contributed by atoms with Crippen LogP contribution in [0.1, 0.15) is 46.1 Å². The number of Topliss-reactive ketones (excluding diaryl/α,β-unsaturated/α-hetero) is 1. The summed E-state index contributed by atoms with van der Waals surface area (Å²) in [4.78, 5) is 16.6. The normalized spacial score (nSPS) is 12.8. The zero-order chi connectivity index (χ0) is 18.4. The van der Waals surface area contributed by atoms with Crippen LogP contribution in [0.2, 0.25) is 5.02 Å². The zero-order valence-electron chi connectivity index (χ0n) is 14.7. The Hall–Kier alpha value is -1.95. The quantitative estimate of drug-likeness (QED) is 0.645. The van der Waals surface area contributed by atoms with Crippen molar-refractivity contribution in [1.29, 1.82) is 0 Å². The fourth-order valence-corrected chi connectivity index (χ4v) is 2.63. The van der Waals surface area contributed by atoms with Crippen LogP contribution >= 0.6 is 11.6 Å². The van der Waals surface area contributed by atoms with E-state index < -0.39 is 11.2 Å². The monoisotopic (exact) mass is 367 g/mol. The van der Waals surface area contributed by atoms with Gasteiger partial charge in [-0.15, -0.1) is 0 Å². The second-order valence-electron chi connectivity index (χ2n) is 6.92. The summed E-state index contributed by atoms with van der Waals surface area (Å²) < 4.78 is 20.6. The standard InChI is InChI=1S/C18H23ClFN3O2/c1-18(2,3)17(24)15(23-12-21-11-22-23)6-4-5-9-25-16-10-13(19)7-8-14(16)20/h7-8,10-12,15H,4-6,9H2,1-3H3. The average Bonchev–Trinajstić information content (AvgIpc) is 3.06. The first kappa shape index (κ1) is 19.4. The summed E-state index contributed by atoms with van der Waals surface area (Å²) in [6.07, 6.45) is 5.05. The number of hydrogen-bond donors (Lipinski definition) is 0. The molecule has 2 rings (SSSR count). The molecule has 0 fully saturated rings. The number of nitrogens with zero attached hydrogens (tertiary/aromatic N) is 3. The highest BCUT2D eigenvalue weighted by Gasteiger charge is 2.30. The summed E-state index contributed by atoms with van der Waals surface area (Å²) in [7, 11) is 0. The molecule has 1 unspecified atom stereocenters. The number of carbonyl (C=O) groups is 1. The molecule has 5 nitrogen and oxygen atoms in total. The molecule has 0 amide bonds. The predicted octanol–water partition coefficient (Wildman–Crippen LogP) is 4.48. The van der Waals surface area contributed by atoms with E-state index in [1.807, 2.05) is 20.8 Å². The number of ketones is 1. The summed E-state index contributed by atoms with van der Waals surface area (Å²) in [5, 5.41) is 4.54.